The number of aromatic amines is 1. The lowest BCUT2D eigenvalue weighted by Crippen LogP contribution is -2.33. The van der Waals surface area contributed by atoms with Gasteiger partial charge in [0.25, 0.3) is 11.6 Å². The monoisotopic (exact) mass is 713 g/mol. The number of amidine groups is 1. The third-order valence-corrected chi connectivity index (χ3v) is 7.44. The van der Waals surface area contributed by atoms with Crippen LogP contribution >= 0.6 is 24.8 Å². The Morgan fingerprint density at radius 1 is 0.878 bits per heavy atom. The van der Waals surface area contributed by atoms with Gasteiger partial charge in [-0.2, -0.15) is 0 Å². The fraction of sp³-hybridized carbons (Fsp3) is 0.167. The molecule has 5 aromatic rings. The van der Waals surface area contributed by atoms with Gasteiger partial charge in [0, 0.05) is 77.4 Å². The van der Waals surface area contributed by atoms with E-state index in [0.717, 1.165) is 0 Å². The predicted molar refractivity (Wildman–Crippen MR) is 189 cm³/mol. The van der Waals surface area contributed by atoms with Gasteiger partial charge in [-0.05, 0) is 30.3 Å². The van der Waals surface area contributed by atoms with E-state index in [0.29, 0.717) is 28.0 Å². The molecule has 0 bridgehead atoms. The number of non-ortho nitro benzene ring substituents is 1. The van der Waals surface area contributed by atoms with E-state index < -0.39 is 22.9 Å². The number of hydrogen-bond donors (Lipinski definition) is 4. The maximum absolute atomic E-state index is 13.2. The van der Waals surface area contributed by atoms with Crippen molar-refractivity contribution < 1.29 is 24.1 Å². The highest BCUT2D eigenvalue weighted by molar-refractivity contribution is 6.07. The summed E-state index contributed by atoms with van der Waals surface area (Å²) >= 11 is 0. The van der Waals surface area contributed by atoms with Gasteiger partial charge in [-0.15, -0.1) is 24.8 Å². The number of carbonyl (C=O) groups is 4. The summed E-state index contributed by atoms with van der Waals surface area (Å²) in [5.41, 5.74) is 6.98. The molecule has 0 aliphatic carbocycles. The van der Waals surface area contributed by atoms with Crippen LogP contribution in [0.4, 0.5) is 37.1 Å². The molecule has 0 unspecified atom stereocenters. The minimum Gasteiger partial charge on any atom is -0.388 e. The van der Waals surface area contributed by atoms with Gasteiger partial charge in [-0.3, -0.25) is 43.8 Å². The third-order valence-electron chi connectivity index (χ3n) is 7.44. The van der Waals surface area contributed by atoms with Crippen molar-refractivity contribution in [3.8, 4) is 0 Å². The molecule has 0 fully saturated rings. The van der Waals surface area contributed by atoms with Gasteiger partial charge in [0.1, 0.15) is 5.69 Å². The topological polar surface area (TPSA) is 214 Å². The Morgan fingerprint density at radius 2 is 1.43 bits per heavy atom. The van der Waals surface area contributed by atoms with Crippen LogP contribution in [0.3, 0.4) is 0 Å². The summed E-state index contributed by atoms with van der Waals surface area (Å²) in [6.07, 6.45) is 9.14. The number of fused-ring (bicyclic) bond motifs is 1. The van der Waals surface area contributed by atoms with Crippen LogP contribution in [-0.4, -0.2) is 86.0 Å². The number of nitrogens with zero attached hydrogens (tertiary/aromatic N) is 7. The van der Waals surface area contributed by atoms with E-state index in [1.54, 1.807) is 32.3 Å². The van der Waals surface area contributed by atoms with Gasteiger partial charge in [0.05, 0.1) is 38.7 Å². The second-order valence-corrected chi connectivity index (χ2v) is 10.7. The Morgan fingerprint density at radius 3 is 2.00 bits per heavy atom. The summed E-state index contributed by atoms with van der Waals surface area (Å²) in [4.78, 5) is 69.7. The Hall–Kier alpha value is -6.07. The molecule has 0 saturated heterocycles. The van der Waals surface area contributed by atoms with Gasteiger partial charge in [-0.25, -0.2) is 14.4 Å². The van der Waals surface area contributed by atoms with E-state index in [4.69, 9.17) is 11.1 Å². The first-order valence-corrected chi connectivity index (χ1v) is 14.1. The highest BCUT2D eigenvalue weighted by Gasteiger charge is 2.21. The molecule has 4 amide bonds. The number of carbonyl (C=O) groups excluding carboxylic acids is 4. The molecule has 0 aliphatic heterocycles. The largest absolute Gasteiger partial charge is 0.388 e. The molecule has 17 nitrogen and oxygen atoms in total. The number of nitro groups is 1. The van der Waals surface area contributed by atoms with Gasteiger partial charge < -0.3 is 20.9 Å². The molecule has 5 N–H and O–H groups in total. The van der Waals surface area contributed by atoms with Crippen LogP contribution in [0.2, 0.25) is 0 Å². The second-order valence-electron chi connectivity index (χ2n) is 10.7. The Bertz CT molecular complexity index is 2050. The molecular weight excluding hydrogens is 681 g/mol. The molecule has 258 valence electrons. The highest BCUT2D eigenvalue weighted by Crippen LogP contribution is 2.26. The summed E-state index contributed by atoms with van der Waals surface area (Å²) < 4.78 is 3.88. The first-order chi connectivity index (χ1) is 22.3. The number of hydrogen-bond acceptors (Lipinski definition) is 7. The third kappa shape index (κ3) is 7.91. The summed E-state index contributed by atoms with van der Waals surface area (Å²) in [6.45, 7) is 0.271. The minimum absolute atomic E-state index is 0. The molecule has 5 rings (SSSR count). The van der Waals surface area contributed by atoms with Crippen LogP contribution < -0.4 is 20.9 Å². The summed E-state index contributed by atoms with van der Waals surface area (Å²) in [5.74, 6) is -0.572. The Balaban J connectivity index is 0.00000325. The van der Waals surface area contributed by atoms with Crippen LogP contribution in [0.5, 0.6) is 0 Å². The van der Waals surface area contributed by atoms with Gasteiger partial charge in [-0.1, -0.05) is 6.07 Å². The summed E-state index contributed by atoms with van der Waals surface area (Å²) in [5, 5.41) is 21.6. The molecule has 0 radical (unpaired) electrons. The van der Waals surface area contributed by atoms with Gasteiger partial charge in [0.15, 0.2) is 0 Å². The van der Waals surface area contributed by atoms with Crippen LogP contribution in [0, 0.1) is 15.5 Å². The Kier molecular flexibility index (Phi) is 11.6. The first kappa shape index (κ1) is 37.4. The molecule has 0 aliphatic rings. The summed E-state index contributed by atoms with van der Waals surface area (Å²) in [7, 11) is 4.67. The fourth-order valence-electron chi connectivity index (χ4n) is 4.76. The van der Waals surface area contributed by atoms with Crippen LogP contribution in [0.25, 0.3) is 10.9 Å². The number of H-pyrrole nitrogens is 1. The van der Waals surface area contributed by atoms with Crippen molar-refractivity contribution in [1.82, 2.24) is 23.6 Å². The van der Waals surface area contributed by atoms with E-state index in [1.165, 1.54) is 96.9 Å². The molecule has 0 saturated carbocycles. The molecule has 0 atom stereocenters. The first-order valence-electron chi connectivity index (χ1n) is 14.1. The summed E-state index contributed by atoms with van der Waals surface area (Å²) in [6, 6.07) is 9.35. The molecule has 19 heteroatoms. The normalized spacial score (nSPS) is 10.4. The van der Waals surface area contributed by atoms with E-state index in [9.17, 15) is 29.3 Å². The van der Waals surface area contributed by atoms with E-state index in [2.05, 4.69) is 10.3 Å². The average molecular weight is 715 g/mol. The second kappa shape index (κ2) is 15.2. The predicted octanol–water partition coefficient (Wildman–Crippen LogP) is 5.01. The molecule has 4 aromatic heterocycles. The Labute approximate surface area is 291 Å². The van der Waals surface area contributed by atoms with Crippen molar-refractivity contribution in [2.45, 2.75) is 6.42 Å². The zero-order chi connectivity index (χ0) is 34.0. The van der Waals surface area contributed by atoms with Crippen molar-refractivity contribution in [1.29, 1.82) is 5.41 Å². The van der Waals surface area contributed by atoms with Crippen molar-refractivity contribution in [2.24, 2.45) is 5.73 Å². The number of benzene rings is 1. The van der Waals surface area contributed by atoms with Crippen molar-refractivity contribution >= 4 is 88.3 Å². The average Bonchev–Trinajstić information content (AvgIpc) is 3.87. The number of nitrogens with two attached hydrogens (primary N) is 1. The SMILES string of the molecule is CN(CCC(=N)N)C(=O)n1ccc(N(C)C(=O)n2ccc(N(C)C(=O)n3ccc(NC(=O)c4cc5c([N+](=O)[O-])cccc5[nH]4)c3)c2)c1.Cl.Cl. The fourth-order valence-corrected chi connectivity index (χ4v) is 4.76. The number of amides is 4. The number of nitrogens with one attached hydrogen (secondary N) is 3. The molecule has 0 spiro atoms. The molecular formula is C30H33Cl2N11O6. The van der Waals surface area contributed by atoms with E-state index in [-0.39, 0.29) is 61.0 Å². The number of anilines is 3. The highest BCUT2D eigenvalue weighted by atomic mass is 35.5. The lowest BCUT2D eigenvalue weighted by Gasteiger charge is -2.18. The molecule has 49 heavy (non-hydrogen) atoms. The number of nitro benzene ring substituents is 1. The van der Waals surface area contributed by atoms with Crippen LogP contribution in [0.1, 0.15) is 16.9 Å². The standard InChI is InChI=1S/C30H31N11O6.2ClH/c1-35(11-10-26(31)32)28(43)39-13-8-20(17-39)37(3)30(45)40-14-9-21(18-40)36(2)29(44)38-12-7-19(16-38)33-27(42)24-15-22-23(34-24)5-4-6-25(22)41(46)47;;/h4-9,12-18,34H,10-11H2,1-3H3,(H3,31,32)(H,33,42);2*1H. The number of rotatable bonds is 8. The smallest absolute Gasteiger partial charge is 0.332 e. The molecule has 4 heterocycles. The molecule has 1 aromatic carbocycles. The zero-order valence-corrected chi connectivity index (χ0v) is 28.0. The number of aromatic nitrogens is 4. The van der Waals surface area contributed by atoms with Crippen LogP contribution in [0.15, 0.2) is 79.6 Å². The van der Waals surface area contributed by atoms with Gasteiger partial charge >= 0.3 is 18.1 Å². The lowest BCUT2D eigenvalue weighted by molar-refractivity contribution is -0.383. The van der Waals surface area contributed by atoms with E-state index >= 15 is 0 Å². The zero-order valence-electron chi connectivity index (χ0n) is 26.4. The maximum atomic E-state index is 13.2. The maximum Gasteiger partial charge on any atom is 0.332 e. The van der Waals surface area contributed by atoms with Crippen molar-refractivity contribution in [3.05, 3.63) is 95.5 Å². The minimum atomic E-state index is -0.548. The quantitative estimate of drug-likeness (QED) is 0.0745. The lowest BCUT2D eigenvalue weighted by atomic mass is 10.2. The van der Waals surface area contributed by atoms with Crippen LogP contribution in [-0.2, 0) is 0 Å². The van der Waals surface area contributed by atoms with Crippen molar-refractivity contribution in [2.75, 3.05) is 42.8 Å². The van der Waals surface area contributed by atoms with Crippen molar-refractivity contribution in [3.63, 3.8) is 0 Å². The van der Waals surface area contributed by atoms with E-state index in [1.807, 2.05) is 0 Å². The number of halogens is 2. The van der Waals surface area contributed by atoms with Gasteiger partial charge in [0.2, 0.25) is 0 Å².